The Hall–Kier alpha value is -2.87. The third kappa shape index (κ3) is 3.09. The van der Waals surface area contributed by atoms with Crippen LogP contribution in [-0.4, -0.2) is 19.6 Å². The van der Waals surface area contributed by atoms with Gasteiger partial charge in [0.1, 0.15) is 21.9 Å². The molecule has 2 aromatic carbocycles. The molecule has 124 valence electrons. The molecule has 0 amide bonds. The van der Waals surface area contributed by atoms with E-state index >= 15 is 0 Å². The van der Waals surface area contributed by atoms with Gasteiger partial charge in [0, 0.05) is 11.6 Å². The van der Waals surface area contributed by atoms with Crippen molar-refractivity contribution >= 4 is 32.2 Å². The van der Waals surface area contributed by atoms with Gasteiger partial charge in [-0.3, -0.25) is 10.1 Å². The van der Waals surface area contributed by atoms with Crippen LogP contribution in [0.5, 0.6) is 0 Å². The summed E-state index contributed by atoms with van der Waals surface area (Å²) in [5.41, 5.74) is 0.383. The van der Waals surface area contributed by atoms with Crippen LogP contribution in [0.25, 0.3) is 11.0 Å². The third-order valence-electron chi connectivity index (χ3n) is 3.51. The maximum absolute atomic E-state index is 11.8. The molecular weight excluding hydrogens is 332 g/mol. The lowest BCUT2D eigenvalue weighted by molar-refractivity contribution is -0.386. The number of nitrogens with zero attached hydrogens (tertiary/aromatic N) is 1. The van der Waals surface area contributed by atoms with Crippen LogP contribution < -0.4 is 5.32 Å². The molecule has 1 heterocycles. The summed E-state index contributed by atoms with van der Waals surface area (Å²) in [6.45, 7) is 0.197. The largest absolute Gasteiger partial charge is 0.459 e. The zero-order valence-corrected chi connectivity index (χ0v) is 13.5. The van der Waals surface area contributed by atoms with Crippen molar-refractivity contribution in [3.05, 3.63) is 64.4 Å². The second-order valence-corrected chi connectivity index (χ2v) is 7.27. The van der Waals surface area contributed by atoms with Crippen molar-refractivity contribution < 1.29 is 17.8 Å². The molecule has 0 aliphatic heterocycles. The number of rotatable bonds is 5. The maximum Gasteiger partial charge on any atom is 0.310 e. The van der Waals surface area contributed by atoms with E-state index in [2.05, 4.69) is 5.32 Å². The van der Waals surface area contributed by atoms with E-state index < -0.39 is 20.4 Å². The minimum atomic E-state index is -3.71. The van der Waals surface area contributed by atoms with E-state index in [-0.39, 0.29) is 17.1 Å². The summed E-state index contributed by atoms with van der Waals surface area (Å²) in [6, 6.07) is 13.4. The molecule has 3 rings (SSSR count). The molecule has 3 aromatic rings. The number of hydrogen-bond acceptors (Lipinski definition) is 6. The topological polar surface area (TPSA) is 102 Å². The average molecular weight is 346 g/mol. The molecule has 7 nitrogen and oxygen atoms in total. The number of anilines is 1. The second-order valence-electron chi connectivity index (χ2n) is 5.29. The summed E-state index contributed by atoms with van der Waals surface area (Å²) in [5, 5.41) is 15.1. The summed E-state index contributed by atoms with van der Waals surface area (Å²) in [6.07, 6.45) is 0.943. The first-order valence-electron chi connectivity index (χ1n) is 7.05. The maximum atomic E-state index is 11.8. The van der Waals surface area contributed by atoms with Gasteiger partial charge in [-0.05, 0) is 24.3 Å². The van der Waals surface area contributed by atoms with Crippen LogP contribution in [-0.2, 0) is 16.4 Å². The standard InChI is InChI=1S/C16H14N2O5S/c1-24(21,22)15-8-4-6-13(16(15)18(19)20)17-10-12-9-11-5-2-3-7-14(11)23-12/h2-9,17H,10H2,1H3. The van der Waals surface area contributed by atoms with Gasteiger partial charge >= 0.3 is 5.69 Å². The van der Waals surface area contributed by atoms with Gasteiger partial charge < -0.3 is 9.73 Å². The molecule has 1 N–H and O–H groups in total. The highest BCUT2D eigenvalue weighted by Crippen LogP contribution is 2.32. The van der Waals surface area contributed by atoms with E-state index in [4.69, 9.17) is 4.42 Å². The van der Waals surface area contributed by atoms with E-state index in [0.717, 1.165) is 11.6 Å². The van der Waals surface area contributed by atoms with Crippen LogP contribution in [0.3, 0.4) is 0 Å². The van der Waals surface area contributed by atoms with Gasteiger partial charge in [0.15, 0.2) is 9.84 Å². The molecular formula is C16H14N2O5S. The molecule has 24 heavy (non-hydrogen) atoms. The first-order chi connectivity index (χ1) is 11.4. The number of benzene rings is 2. The molecule has 8 heteroatoms. The number of furan rings is 1. The minimum absolute atomic E-state index is 0.128. The van der Waals surface area contributed by atoms with Gasteiger partial charge in [-0.1, -0.05) is 24.3 Å². The normalized spacial score (nSPS) is 11.5. The van der Waals surface area contributed by atoms with Gasteiger partial charge in [-0.25, -0.2) is 8.42 Å². The zero-order chi connectivity index (χ0) is 17.3. The fourth-order valence-corrected chi connectivity index (χ4v) is 3.32. The van der Waals surface area contributed by atoms with E-state index in [9.17, 15) is 18.5 Å². The monoisotopic (exact) mass is 346 g/mol. The second kappa shape index (κ2) is 5.97. The zero-order valence-electron chi connectivity index (χ0n) is 12.7. The van der Waals surface area contributed by atoms with Crippen molar-refractivity contribution in [2.45, 2.75) is 11.4 Å². The Morgan fingerprint density at radius 3 is 2.58 bits per heavy atom. The molecule has 0 bridgehead atoms. The summed E-state index contributed by atoms with van der Waals surface area (Å²) in [5.74, 6) is 0.593. The van der Waals surface area contributed by atoms with Gasteiger partial charge in [0.05, 0.1) is 11.5 Å². The fourth-order valence-electron chi connectivity index (χ4n) is 2.46. The molecule has 0 radical (unpaired) electrons. The number of para-hydroxylation sites is 2. The van der Waals surface area contributed by atoms with Crippen LogP contribution in [0.1, 0.15) is 5.76 Å². The molecule has 0 fully saturated rings. The van der Waals surface area contributed by atoms with Crippen LogP contribution in [0.4, 0.5) is 11.4 Å². The van der Waals surface area contributed by atoms with Gasteiger partial charge in [-0.15, -0.1) is 0 Å². The summed E-state index contributed by atoms with van der Waals surface area (Å²) >= 11 is 0. The van der Waals surface area contributed by atoms with E-state index in [0.29, 0.717) is 11.3 Å². The van der Waals surface area contributed by atoms with Gasteiger partial charge in [0.25, 0.3) is 0 Å². The quantitative estimate of drug-likeness (QED) is 0.561. The van der Waals surface area contributed by atoms with Crippen molar-refractivity contribution in [1.29, 1.82) is 0 Å². The van der Waals surface area contributed by atoms with Crippen LogP contribution in [0.15, 0.2) is 57.8 Å². The average Bonchev–Trinajstić information content (AvgIpc) is 2.94. The number of nitro groups is 1. The van der Waals surface area contributed by atoms with E-state index in [1.165, 1.54) is 18.2 Å². The van der Waals surface area contributed by atoms with Crippen molar-refractivity contribution in [3.8, 4) is 0 Å². The molecule has 0 saturated heterocycles. The van der Waals surface area contributed by atoms with Gasteiger partial charge in [-0.2, -0.15) is 0 Å². The minimum Gasteiger partial charge on any atom is -0.459 e. The van der Waals surface area contributed by atoms with E-state index in [1.807, 2.05) is 30.3 Å². The van der Waals surface area contributed by atoms with Crippen LogP contribution >= 0.6 is 0 Å². The molecule has 0 aliphatic carbocycles. The van der Waals surface area contributed by atoms with Gasteiger partial charge in [0.2, 0.25) is 0 Å². The summed E-state index contributed by atoms with van der Waals surface area (Å²) in [7, 11) is -3.71. The van der Waals surface area contributed by atoms with Crippen molar-refractivity contribution in [2.75, 3.05) is 11.6 Å². The lowest BCUT2D eigenvalue weighted by Gasteiger charge is -2.08. The Balaban J connectivity index is 1.93. The first-order valence-corrected chi connectivity index (χ1v) is 8.94. The Bertz CT molecular complexity index is 991. The predicted octanol–water partition coefficient (Wildman–Crippen LogP) is 3.36. The summed E-state index contributed by atoms with van der Waals surface area (Å²) < 4.78 is 29.1. The summed E-state index contributed by atoms with van der Waals surface area (Å²) in [4.78, 5) is 10.3. The lowest BCUT2D eigenvalue weighted by Crippen LogP contribution is -2.07. The highest BCUT2D eigenvalue weighted by atomic mass is 32.2. The molecule has 0 unspecified atom stereocenters. The number of sulfone groups is 1. The SMILES string of the molecule is CS(=O)(=O)c1cccc(NCc2cc3ccccc3o2)c1[N+](=O)[O-]. The number of fused-ring (bicyclic) bond motifs is 1. The number of nitrogens with one attached hydrogen (secondary N) is 1. The smallest absolute Gasteiger partial charge is 0.310 e. The molecule has 0 spiro atoms. The Morgan fingerprint density at radius 1 is 1.17 bits per heavy atom. The Kier molecular flexibility index (Phi) is 3.98. The van der Waals surface area contributed by atoms with Crippen molar-refractivity contribution in [2.24, 2.45) is 0 Å². The number of hydrogen-bond donors (Lipinski definition) is 1. The highest BCUT2D eigenvalue weighted by Gasteiger charge is 2.26. The molecule has 0 aliphatic rings. The van der Waals surface area contributed by atoms with Crippen LogP contribution in [0.2, 0.25) is 0 Å². The number of nitro benzene ring substituents is 1. The molecule has 0 saturated carbocycles. The highest BCUT2D eigenvalue weighted by molar-refractivity contribution is 7.90. The predicted molar refractivity (Wildman–Crippen MR) is 89.7 cm³/mol. The van der Waals surface area contributed by atoms with E-state index in [1.54, 1.807) is 0 Å². The van der Waals surface area contributed by atoms with Crippen molar-refractivity contribution in [3.63, 3.8) is 0 Å². The fraction of sp³-hybridized carbons (Fsp3) is 0.125. The lowest BCUT2D eigenvalue weighted by atomic mass is 10.2. The Labute approximate surface area is 138 Å². The molecule has 0 atom stereocenters. The first kappa shape index (κ1) is 16.0. The van der Waals surface area contributed by atoms with Crippen molar-refractivity contribution in [1.82, 2.24) is 0 Å². The Morgan fingerprint density at radius 2 is 1.92 bits per heavy atom. The third-order valence-corrected chi connectivity index (χ3v) is 4.64. The molecule has 1 aromatic heterocycles. The van der Waals surface area contributed by atoms with Crippen LogP contribution in [0, 0.1) is 10.1 Å².